The molecule has 1 aliphatic rings. The fourth-order valence-electron chi connectivity index (χ4n) is 2.53. The van der Waals surface area contributed by atoms with Gasteiger partial charge in [-0.3, -0.25) is 0 Å². The lowest BCUT2D eigenvalue weighted by Gasteiger charge is -2.31. The molecule has 0 bridgehead atoms. The van der Waals surface area contributed by atoms with Gasteiger partial charge in [0, 0.05) is 12.6 Å². The molecule has 0 saturated carbocycles. The quantitative estimate of drug-likeness (QED) is 0.863. The van der Waals surface area contributed by atoms with E-state index in [4.69, 9.17) is 23.2 Å². The SMILES string of the molecule is CC(C)N(CC1CCNCC1)S(=O)(=O)c1cc(Cl)sc1Cl. The van der Waals surface area contributed by atoms with Crippen LogP contribution in [0.1, 0.15) is 26.7 Å². The van der Waals surface area contributed by atoms with Crippen molar-refractivity contribution < 1.29 is 8.42 Å². The molecule has 1 N–H and O–H groups in total. The molecule has 4 nitrogen and oxygen atoms in total. The van der Waals surface area contributed by atoms with Gasteiger partial charge in [0.1, 0.15) is 9.23 Å². The number of halogens is 2. The molecular formula is C13H20Cl2N2O2S2. The van der Waals surface area contributed by atoms with E-state index in [1.165, 1.54) is 6.07 Å². The van der Waals surface area contributed by atoms with Crippen LogP contribution in [0.3, 0.4) is 0 Å². The van der Waals surface area contributed by atoms with Crippen LogP contribution in [0.2, 0.25) is 8.67 Å². The fourth-order valence-corrected chi connectivity index (χ4v) is 6.36. The number of hydrogen-bond acceptors (Lipinski definition) is 4. The lowest BCUT2D eigenvalue weighted by Crippen LogP contribution is -2.42. The minimum Gasteiger partial charge on any atom is -0.317 e. The van der Waals surface area contributed by atoms with E-state index in [1.54, 1.807) is 4.31 Å². The highest BCUT2D eigenvalue weighted by molar-refractivity contribution is 7.89. The summed E-state index contributed by atoms with van der Waals surface area (Å²) in [6.07, 6.45) is 1.99. The Bertz CT molecular complexity index is 581. The second kappa shape index (κ2) is 7.15. The van der Waals surface area contributed by atoms with Crippen LogP contribution < -0.4 is 5.32 Å². The van der Waals surface area contributed by atoms with Crippen molar-refractivity contribution in [1.82, 2.24) is 9.62 Å². The Labute approximate surface area is 140 Å². The zero-order chi connectivity index (χ0) is 15.6. The summed E-state index contributed by atoms with van der Waals surface area (Å²) in [5.41, 5.74) is 0. The summed E-state index contributed by atoms with van der Waals surface area (Å²) in [6, 6.07) is 1.33. The average Bonchev–Trinajstić information content (AvgIpc) is 2.76. The molecule has 1 fully saturated rings. The first-order valence-corrected chi connectivity index (χ1v) is 10.0. The third kappa shape index (κ3) is 4.12. The van der Waals surface area contributed by atoms with Gasteiger partial charge >= 0.3 is 0 Å². The van der Waals surface area contributed by atoms with Crippen molar-refractivity contribution >= 4 is 44.6 Å². The van der Waals surface area contributed by atoms with E-state index in [0.29, 0.717) is 16.8 Å². The highest BCUT2D eigenvalue weighted by Gasteiger charge is 2.32. The molecule has 1 aliphatic heterocycles. The molecule has 0 atom stereocenters. The van der Waals surface area contributed by atoms with Gasteiger partial charge in [-0.2, -0.15) is 4.31 Å². The maximum Gasteiger partial charge on any atom is 0.245 e. The van der Waals surface area contributed by atoms with Crippen molar-refractivity contribution in [2.24, 2.45) is 5.92 Å². The van der Waals surface area contributed by atoms with Gasteiger partial charge in [-0.05, 0) is 51.8 Å². The van der Waals surface area contributed by atoms with Gasteiger partial charge in [0.05, 0.1) is 4.34 Å². The number of nitrogens with one attached hydrogen (secondary N) is 1. The highest BCUT2D eigenvalue weighted by atomic mass is 35.5. The summed E-state index contributed by atoms with van der Waals surface area (Å²) in [5, 5.41) is 3.30. The van der Waals surface area contributed by atoms with Crippen LogP contribution in [0.25, 0.3) is 0 Å². The molecule has 1 saturated heterocycles. The molecule has 21 heavy (non-hydrogen) atoms. The van der Waals surface area contributed by atoms with Crippen molar-refractivity contribution in [2.75, 3.05) is 19.6 Å². The normalized spacial score (nSPS) is 17.8. The predicted molar refractivity (Wildman–Crippen MR) is 89.0 cm³/mol. The Balaban J connectivity index is 2.25. The molecule has 2 heterocycles. The van der Waals surface area contributed by atoms with E-state index in [-0.39, 0.29) is 15.3 Å². The van der Waals surface area contributed by atoms with Gasteiger partial charge < -0.3 is 5.32 Å². The van der Waals surface area contributed by atoms with Crippen LogP contribution >= 0.6 is 34.5 Å². The number of sulfonamides is 1. The molecule has 120 valence electrons. The Hall–Kier alpha value is 0.150. The molecular weight excluding hydrogens is 351 g/mol. The van der Waals surface area contributed by atoms with Crippen LogP contribution in [0.15, 0.2) is 11.0 Å². The summed E-state index contributed by atoms with van der Waals surface area (Å²) in [4.78, 5) is 0.127. The first-order valence-electron chi connectivity index (χ1n) is 6.99. The maximum atomic E-state index is 12.9. The van der Waals surface area contributed by atoms with Gasteiger partial charge in [0.25, 0.3) is 0 Å². The molecule has 2 rings (SSSR count). The lowest BCUT2D eigenvalue weighted by atomic mass is 9.98. The van der Waals surface area contributed by atoms with Crippen molar-refractivity contribution in [3.8, 4) is 0 Å². The Morgan fingerprint density at radius 3 is 2.48 bits per heavy atom. The third-order valence-electron chi connectivity index (χ3n) is 3.68. The summed E-state index contributed by atoms with van der Waals surface area (Å²) in [6.45, 7) is 6.20. The van der Waals surface area contributed by atoms with Gasteiger partial charge in [0.15, 0.2) is 0 Å². The van der Waals surface area contributed by atoms with Crippen LogP contribution in [-0.2, 0) is 10.0 Å². The summed E-state index contributed by atoms with van der Waals surface area (Å²) in [7, 11) is -3.60. The van der Waals surface area contributed by atoms with E-state index in [1.807, 2.05) is 13.8 Å². The lowest BCUT2D eigenvalue weighted by molar-refractivity contribution is 0.261. The summed E-state index contributed by atoms with van der Waals surface area (Å²) >= 11 is 13.0. The average molecular weight is 371 g/mol. The van der Waals surface area contributed by atoms with Crippen LogP contribution in [0.5, 0.6) is 0 Å². The van der Waals surface area contributed by atoms with Gasteiger partial charge in [0.2, 0.25) is 10.0 Å². The first kappa shape index (κ1) is 17.5. The molecule has 0 spiro atoms. The van der Waals surface area contributed by atoms with E-state index in [9.17, 15) is 8.42 Å². The highest BCUT2D eigenvalue weighted by Crippen LogP contribution is 2.36. The Morgan fingerprint density at radius 1 is 1.38 bits per heavy atom. The van der Waals surface area contributed by atoms with Gasteiger partial charge in [-0.15, -0.1) is 11.3 Å². The minimum atomic E-state index is -3.60. The number of nitrogens with zero attached hydrogens (tertiary/aromatic N) is 1. The monoisotopic (exact) mass is 370 g/mol. The second-order valence-corrected chi connectivity index (χ2v) is 9.69. The number of rotatable bonds is 5. The smallest absolute Gasteiger partial charge is 0.245 e. The number of thiophene rings is 1. The number of hydrogen-bond donors (Lipinski definition) is 1. The summed E-state index contributed by atoms with van der Waals surface area (Å²) < 4.78 is 27.9. The standard InChI is InChI=1S/C13H20Cl2N2O2S2/c1-9(2)17(8-10-3-5-16-6-4-10)21(18,19)11-7-12(14)20-13(11)15/h7,9-10,16H,3-6,8H2,1-2H3. The van der Waals surface area contributed by atoms with Crippen molar-refractivity contribution in [2.45, 2.75) is 37.6 Å². The van der Waals surface area contributed by atoms with Crippen LogP contribution in [0.4, 0.5) is 0 Å². The molecule has 0 unspecified atom stereocenters. The van der Waals surface area contributed by atoms with E-state index < -0.39 is 10.0 Å². The van der Waals surface area contributed by atoms with Gasteiger partial charge in [-0.25, -0.2) is 8.42 Å². The van der Waals surface area contributed by atoms with Crippen molar-refractivity contribution in [1.29, 1.82) is 0 Å². The molecule has 0 radical (unpaired) electrons. The fraction of sp³-hybridized carbons (Fsp3) is 0.692. The minimum absolute atomic E-state index is 0.111. The zero-order valence-corrected chi connectivity index (χ0v) is 15.2. The topological polar surface area (TPSA) is 49.4 Å². The Kier molecular flexibility index (Phi) is 5.96. The number of piperidine rings is 1. The third-order valence-corrected chi connectivity index (χ3v) is 7.48. The van der Waals surface area contributed by atoms with E-state index >= 15 is 0 Å². The Morgan fingerprint density at radius 2 is 2.00 bits per heavy atom. The van der Waals surface area contributed by atoms with E-state index in [0.717, 1.165) is 37.3 Å². The second-order valence-electron chi connectivity index (χ2n) is 5.55. The molecule has 8 heteroatoms. The van der Waals surface area contributed by atoms with Crippen LogP contribution in [0, 0.1) is 5.92 Å². The summed E-state index contributed by atoms with van der Waals surface area (Å²) in [5.74, 6) is 0.385. The zero-order valence-electron chi connectivity index (χ0n) is 12.1. The molecule has 1 aromatic heterocycles. The first-order chi connectivity index (χ1) is 9.82. The maximum absolute atomic E-state index is 12.9. The molecule has 0 aliphatic carbocycles. The van der Waals surface area contributed by atoms with Crippen LogP contribution in [-0.4, -0.2) is 38.4 Å². The van der Waals surface area contributed by atoms with Crippen molar-refractivity contribution in [3.63, 3.8) is 0 Å². The van der Waals surface area contributed by atoms with E-state index in [2.05, 4.69) is 5.32 Å². The van der Waals surface area contributed by atoms with Gasteiger partial charge in [-0.1, -0.05) is 23.2 Å². The molecule has 0 amide bonds. The molecule has 0 aromatic carbocycles. The predicted octanol–water partition coefficient (Wildman–Crippen LogP) is 3.45. The van der Waals surface area contributed by atoms with Crippen molar-refractivity contribution in [3.05, 3.63) is 14.7 Å². The molecule has 1 aromatic rings. The largest absolute Gasteiger partial charge is 0.317 e.